The van der Waals surface area contributed by atoms with Crippen LogP contribution in [0.25, 0.3) is 0 Å². The summed E-state index contributed by atoms with van der Waals surface area (Å²) in [6.45, 7) is 1.77. The average Bonchev–Trinajstić information content (AvgIpc) is 2.40. The molecule has 1 N–H and O–H groups in total. The highest BCUT2D eigenvalue weighted by atomic mass is 19.4. The number of rotatable bonds is 2. The van der Waals surface area contributed by atoms with Gasteiger partial charge >= 0.3 is 6.18 Å². The van der Waals surface area contributed by atoms with Gasteiger partial charge in [0.05, 0.1) is 17.6 Å². The largest absolute Gasteiger partial charge is 0.416 e. The highest BCUT2D eigenvalue weighted by Crippen LogP contribution is 2.33. The van der Waals surface area contributed by atoms with Crippen LogP contribution in [0.1, 0.15) is 36.8 Å². The van der Waals surface area contributed by atoms with Crippen LogP contribution in [0.4, 0.5) is 18.9 Å². The summed E-state index contributed by atoms with van der Waals surface area (Å²) in [5.41, 5.74) is 0.585. The summed E-state index contributed by atoms with van der Waals surface area (Å²) in [5.74, 6) is -0.127. The van der Waals surface area contributed by atoms with Crippen molar-refractivity contribution in [2.75, 3.05) is 5.32 Å². The molecule has 2 nitrogen and oxygen atoms in total. The zero-order valence-corrected chi connectivity index (χ0v) is 11.3. The summed E-state index contributed by atoms with van der Waals surface area (Å²) in [4.78, 5) is 0. The van der Waals surface area contributed by atoms with Gasteiger partial charge in [-0.2, -0.15) is 18.4 Å². The molecule has 2 atom stereocenters. The molecule has 0 amide bonds. The molecule has 1 aliphatic rings. The van der Waals surface area contributed by atoms with Crippen LogP contribution in [0, 0.1) is 24.2 Å². The summed E-state index contributed by atoms with van der Waals surface area (Å²) in [6.07, 6.45) is -0.683. The molecule has 0 aromatic heterocycles. The Kier molecular flexibility index (Phi) is 4.22. The van der Waals surface area contributed by atoms with E-state index in [-0.39, 0.29) is 12.0 Å². The first-order chi connectivity index (χ1) is 9.41. The zero-order valence-electron chi connectivity index (χ0n) is 11.3. The molecule has 2 unspecified atom stereocenters. The Labute approximate surface area is 116 Å². The fourth-order valence-corrected chi connectivity index (χ4v) is 2.61. The molecule has 108 valence electrons. The van der Waals surface area contributed by atoms with Gasteiger partial charge in [-0.15, -0.1) is 0 Å². The van der Waals surface area contributed by atoms with Crippen LogP contribution in [0.3, 0.4) is 0 Å². The van der Waals surface area contributed by atoms with Crippen LogP contribution in [0.15, 0.2) is 18.2 Å². The van der Waals surface area contributed by atoms with Crippen molar-refractivity contribution in [3.8, 4) is 6.07 Å². The molecule has 0 aliphatic heterocycles. The number of nitrogens with zero attached hydrogens (tertiary/aromatic N) is 1. The third kappa shape index (κ3) is 3.24. The van der Waals surface area contributed by atoms with Crippen molar-refractivity contribution in [3.05, 3.63) is 29.3 Å². The van der Waals surface area contributed by atoms with Crippen molar-refractivity contribution in [3.63, 3.8) is 0 Å². The average molecular weight is 282 g/mol. The summed E-state index contributed by atoms with van der Waals surface area (Å²) in [6, 6.07) is 5.89. The van der Waals surface area contributed by atoms with E-state index in [1.165, 1.54) is 6.07 Å². The first kappa shape index (κ1) is 14.7. The second-order valence-electron chi connectivity index (χ2n) is 5.30. The molecule has 0 heterocycles. The lowest BCUT2D eigenvalue weighted by atomic mass is 9.85. The maximum Gasteiger partial charge on any atom is 0.416 e. The summed E-state index contributed by atoms with van der Waals surface area (Å²) in [5, 5.41) is 12.3. The number of nitriles is 1. The predicted molar refractivity (Wildman–Crippen MR) is 71.2 cm³/mol. The van der Waals surface area contributed by atoms with E-state index < -0.39 is 11.7 Å². The molecule has 1 saturated carbocycles. The van der Waals surface area contributed by atoms with Crippen molar-refractivity contribution < 1.29 is 13.2 Å². The van der Waals surface area contributed by atoms with Gasteiger partial charge in [-0.25, -0.2) is 0 Å². The number of alkyl halides is 3. The Balaban J connectivity index is 2.22. The molecule has 1 aromatic rings. The van der Waals surface area contributed by atoms with Gasteiger partial charge < -0.3 is 5.32 Å². The fraction of sp³-hybridized carbons (Fsp3) is 0.533. The van der Waals surface area contributed by atoms with Crippen molar-refractivity contribution in [2.45, 2.75) is 44.8 Å². The minimum atomic E-state index is -4.34. The molecule has 1 fully saturated rings. The second-order valence-corrected chi connectivity index (χ2v) is 5.30. The van der Waals surface area contributed by atoms with Crippen molar-refractivity contribution in [1.82, 2.24) is 0 Å². The van der Waals surface area contributed by atoms with Crippen LogP contribution in [-0.4, -0.2) is 6.04 Å². The van der Waals surface area contributed by atoms with Gasteiger partial charge in [-0.1, -0.05) is 18.9 Å². The van der Waals surface area contributed by atoms with Crippen LogP contribution in [0.2, 0.25) is 0 Å². The van der Waals surface area contributed by atoms with Gasteiger partial charge in [-0.3, -0.25) is 0 Å². The van der Waals surface area contributed by atoms with E-state index in [0.717, 1.165) is 43.4 Å². The molecule has 0 spiro atoms. The van der Waals surface area contributed by atoms with Gasteiger partial charge in [0.15, 0.2) is 0 Å². The molecule has 20 heavy (non-hydrogen) atoms. The second kappa shape index (κ2) is 5.74. The van der Waals surface area contributed by atoms with Crippen LogP contribution < -0.4 is 5.32 Å². The topological polar surface area (TPSA) is 35.8 Å². The molecular formula is C15H17F3N2. The first-order valence-corrected chi connectivity index (χ1v) is 6.76. The minimum absolute atomic E-state index is 0.0593. The summed E-state index contributed by atoms with van der Waals surface area (Å²) >= 11 is 0. The predicted octanol–water partition coefficient (Wildman–Crippen LogP) is 4.51. The Morgan fingerprint density at radius 2 is 1.95 bits per heavy atom. The first-order valence-electron chi connectivity index (χ1n) is 6.76. The van der Waals surface area contributed by atoms with Gasteiger partial charge in [0.1, 0.15) is 0 Å². The fourth-order valence-electron chi connectivity index (χ4n) is 2.61. The highest BCUT2D eigenvalue weighted by Gasteiger charge is 2.31. The van der Waals surface area contributed by atoms with E-state index in [4.69, 9.17) is 5.26 Å². The standard InChI is InChI=1S/C15H17F3N2/c1-10-6-7-12(15(16,17)18)8-14(10)20-13-5-3-2-4-11(13)9-19/h6-8,11,13,20H,2-5H2,1H3. The van der Waals surface area contributed by atoms with Gasteiger partial charge in [0.25, 0.3) is 0 Å². The zero-order chi connectivity index (χ0) is 14.8. The molecule has 1 aliphatic carbocycles. The molecule has 5 heteroatoms. The Morgan fingerprint density at radius 1 is 1.25 bits per heavy atom. The van der Waals surface area contributed by atoms with Gasteiger partial charge in [0.2, 0.25) is 0 Å². The number of aryl methyl sites for hydroxylation is 1. The van der Waals surface area contributed by atoms with E-state index in [2.05, 4.69) is 11.4 Å². The van der Waals surface area contributed by atoms with Crippen LogP contribution in [0.5, 0.6) is 0 Å². The number of anilines is 1. The molecular weight excluding hydrogens is 265 g/mol. The number of hydrogen-bond donors (Lipinski definition) is 1. The lowest BCUT2D eigenvalue weighted by Crippen LogP contribution is -2.31. The Bertz CT molecular complexity index is 517. The summed E-state index contributed by atoms with van der Waals surface area (Å²) in [7, 11) is 0. The SMILES string of the molecule is Cc1ccc(C(F)(F)F)cc1NC1CCCCC1C#N. The Morgan fingerprint density at radius 3 is 2.60 bits per heavy atom. The lowest BCUT2D eigenvalue weighted by Gasteiger charge is -2.29. The molecule has 0 saturated heterocycles. The van der Waals surface area contributed by atoms with E-state index in [0.29, 0.717) is 5.69 Å². The number of halogens is 3. The van der Waals surface area contributed by atoms with Gasteiger partial charge in [-0.05, 0) is 37.5 Å². The quantitative estimate of drug-likeness (QED) is 0.866. The normalized spacial score (nSPS) is 23.1. The van der Waals surface area contributed by atoms with E-state index >= 15 is 0 Å². The van der Waals surface area contributed by atoms with Crippen LogP contribution >= 0.6 is 0 Å². The maximum atomic E-state index is 12.7. The molecule has 0 radical (unpaired) electrons. The Hall–Kier alpha value is -1.70. The van der Waals surface area contributed by atoms with Crippen molar-refractivity contribution >= 4 is 5.69 Å². The number of hydrogen-bond acceptors (Lipinski definition) is 2. The molecule has 2 rings (SSSR count). The third-order valence-electron chi connectivity index (χ3n) is 3.84. The maximum absolute atomic E-state index is 12.7. The smallest absolute Gasteiger partial charge is 0.381 e. The minimum Gasteiger partial charge on any atom is -0.381 e. The third-order valence-corrected chi connectivity index (χ3v) is 3.84. The van der Waals surface area contributed by atoms with Crippen LogP contribution in [-0.2, 0) is 6.18 Å². The number of nitrogens with one attached hydrogen (secondary N) is 1. The van der Waals surface area contributed by atoms with E-state index in [1.807, 2.05) is 0 Å². The van der Waals surface area contributed by atoms with Gasteiger partial charge in [0, 0.05) is 11.7 Å². The van der Waals surface area contributed by atoms with E-state index in [1.54, 1.807) is 6.92 Å². The summed E-state index contributed by atoms with van der Waals surface area (Å²) < 4.78 is 38.2. The lowest BCUT2D eigenvalue weighted by molar-refractivity contribution is -0.137. The van der Waals surface area contributed by atoms with Crippen molar-refractivity contribution in [2.24, 2.45) is 5.92 Å². The molecule has 0 bridgehead atoms. The van der Waals surface area contributed by atoms with E-state index in [9.17, 15) is 13.2 Å². The monoisotopic (exact) mass is 282 g/mol. The number of benzene rings is 1. The highest BCUT2D eigenvalue weighted by molar-refractivity contribution is 5.54. The molecule has 1 aromatic carbocycles. The van der Waals surface area contributed by atoms with Crippen molar-refractivity contribution in [1.29, 1.82) is 5.26 Å².